The minimum absolute atomic E-state index is 0.101. The van der Waals surface area contributed by atoms with Crippen molar-refractivity contribution in [2.24, 2.45) is 11.8 Å². The second kappa shape index (κ2) is 15.6. The summed E-state index contributed by atoms with van der Waals surface area (Å²) >= 11 is 0. The van der Waals surface area contributed by atoms with Crippen LogP contribution in [0.3, 0.4) is 0 Å². The number of nitrogens with zero attached hydrogens (tertiary/aromatic N) is 2. The molecule has 0 bridgehead atoms. The van der Waals surface area contributed by atoms with Gasteiger partial charge in [-0.05, 0) is 98.2 Å². The van der Waals surface area contributed by atoms with Crippen molar-refractivity contribution in [3.63, 3.8) is 0 Å². The molecule has 4 unspecified atom stereocenters. The van der Waals surface area contributed by atoms with E-state index in [1.807, 2.05) is 17.0 Å². The number of nitrogens with one attached hydrogen (secondary N) is 2. The topological polar surface area (TPSA) is 141 Å². The van der Waals surface area contributed by atoms with Crippen LogP contribution in [0.1, 0.15) is 116 Å². The van der Waals surface area contributed by atoms with Gasteiger partial charge in [0, 0.05) is 59.5 Å². The zero-order valence-electron chi connectivity index (χ0n) is 31.4. The summed E-state index contributed by atoms with van der Waals surface area (Å²) in [6, 6.07) is 12.9. The van der Waals surface area contributed by atoms with Crippen molar-refractivity contribution in [1.29, 1.82) is 0 Å². The fraction of sp³-hybridized carbons (Fsp3) is 0.467. The number of anilines is 1. The molecule has 3 aliphatic carbocycles. The molecule has 4 N–H and O–H groups in total. The summed E-state index contributed by atoms with van der Waals surface area (Å²) in [6.07, 6.45) is 21.7. The second-order valence-corrected chi connectivity index (χ2v) is 16.4. The number of aliphatic carboxylic acids is 1. The van der Waals surface area contributed by atoms with E-state index in [0.29, 0.717) is 55.2 Å². The number of allylic oxidation sites excluding steroid dienone is 4. The first kappa shape index (κ1) is 37.0. The number of carboxylic acids is 1. The van der Waals surface area contributed by atoms with Gasteiger partial charge in [-0.15, -0.1) is 0 Å². The summed E-state index contributed by atoms with van der Waals surface area (Å²) in [7, 11) is 0. The summed E-state index contributed by atoms with van der Waals surface area (Å²) in [5.41, 5.74) is 4.29. The normalized spacial score (nSPS) is 25.0. The lowest BCUT2D eigenvalue weighted by molar-refractivity contribution is -0.139. The Kier molecular flexibility index (Phi) is 10.5. The van der Waals surface area contributed by atoms with Crippen LogP contribution in [0.2, 0.25) is 0 Å². The maximum Gasteiger partial charge on any atom is 0.328 e. The Labute approximate surface area is 322 Å². The number of amides is 3. The monoisotopic (exact) mass is 744 g/mol. The van der Waals surface area contributed by atoms with Gasteiger partial charge in [0.05, 0.1) is 12.0 Å². The number of hydrogen-bond donors (Lipinski definition) is 4. The van der Waals surface area contributed by atoms with Gasteiger partial charge >= 0.3 is 5.97 Å². The molecule has 0 radical (unpaired) electrons. The van der Waals surface area contributed by atoms with Crippen LogP contribution in [0, 0.1) is 11.8 Å². The minimum Gasteiger partial charge on any atom is -0.478 e. The zero-order chi connectivity index (χ0) is 38.1. The van der Waals surface area contributed by atoms with E-state index in [4.69, 9.17) is 5.11 Å². The molecule has 5 aliphatic rings. The smallest absolute Gasteiger partial charge is 0.328 e. The summed E-state index contributed by atoms with van der Waals surface area (Å²) in [4.78, 5) is 55.3. The molecule has 55 heavy (non-hydrogen) atoms. The fourth-order valence-electron chi connectivity index (χ4n) is 10.1. The van der Waals surface area contributed by atoms with Crippen LogP contribution in [0.15, 0.2) is 72.8 Å². The van der Waals surface area contributed by atoms with Crippen LogP contribution >= 0.6 is 0 Å². The fourth-order valence-corrected chi connectivity index (χ4v) is 10.1. The summed E-state index contributed by atoms with van der Waals surface area (Å²) in [6.45, 7) is 1.56. The Morgan fingerprint density at radius 3 is 2.36 bits per heavy atom. The van der Waals surface area contributed by atoms with Crippen molar-refractivity contribution in [2.45, 2.75) is 107 Å². The first-order valence-electron chi connectivity index (χ1n) is 20.3. The average molecular weight is 745 g/mol. The zero-order valence-corrected chi connectivity index (χ0v) is 31.4. The molecule has 3 aromatic rings. The molecule has 8 rings (SSSR count). The molecule has 1 aromatic heterocycles. The third kappa shape index (κ3) is 7.53. The first-order valence-corrected chi connectivity index (χ1v) is 20.3. The number of piperidine rings is 1. The van der Waals surface area contributed by atoms with Gasteiger partial charge in [-0.2, -0.15) is 0 Å². The van der Waals surface area contributed by atoms with Crippen LogP contribution in [-0.4, -0.2) is 68.1 Å². The van der Waals surface area contributed by atoms with Crippen molar-refractivity contribution in [1.82, 2.24) is 14.8 Å². The highest BCUT2D eigenvalue weighted by molar-refractivity contribution is 6.05. The number of carbonyl (C=O) groups is 4. The van der Waals surface area contributed by atoms with Crippen LogP contribution in [-0.2, 0) is 20.9 Å². The predicted molar refractivity (Wildman–Crippen MR) is 213 cm³/mol. The SMILES string of the molecule is O=C(O)/C=C/c1ccc(NC(=O)C2(NC(=O)c3ccc4c(C5CCCCC5)c5n(c4c3)CC(C(=O)N3CCCC(O)C3)CC3C=CC=CC53)CCCC2)cc1. The lowest BCUT2D eigenvalue weighted by Crippen LogP contribution is -2.55. The summed E-state index contributed by atoms with van der Waals surface area (Å²) < 4.78 is 2.36. The van der Waals surface area contributed by atoms with Gasteiger partial charge in [0.1, 0.15) is 5.54 Å². The number of benzene rings is 2. The van der Waals surface area contributed by atoms with Gasteiger partial charge in [-0.25, -0.2) is 4.79 Å². The van der Waals surface area contributed by atoms with E-state index in [1.165, 1.54) is 36.6 Å². The van der Waals surface area contributed by atoms with Crippen LogP contribution in [0.25, 0.3) is 17.0 Å². The third-order valence-corrected chi connectivity index (χ3v) is 12.8. The highest BCUT2D eigenvalue weighted by Crippen LogP contribution is 2.49. The van der Waals surface area contributed by atoms with Crippen LogP contribution in [0.5, 0.6) is 0 Å². The highest BCUT2D eigenvalue weighted by Gasteiger charge is 2.44. The van der Waals surface area contributed by atoms with E-state index >= 15 is 0 Å². The Bertz CT molecular complexity index is 2050. The van der Waals surface area contributed by atoms with Crippen molar-refractivity contribution < 1.29 is 29.4 Å². The number of hydrogen-bond acceptors (Lipinski definition) is 5. The van der Waals surface area contributed by atoms with E-state index in [0.717, 1.165) is 61.9 Å². The van der Waals surface area contributed by atoms with Gasteiger partial charge in [-0.3, -0.25) is 14.4 Å². The summed E-state index contributed by atoms with van der Waals surface area (Å²) in [5, 5.41) is 26.7. The molecule has 2 saturated carbocycles. The van der Waals surface area contributed by atoms with E-state index in [2.05, 4.69) is 45.6 Å². The predicted octanol–water partition coefficient (Wildman–Crippen LogP) is 7.30. The molecule has 1 saturated heterocycles. The lowest BCUT2D eigenvalue weighted by Gasteiger charge is -2.33. The largest absolute Gasteiger partial charge is 0.478 e. The number of rotatable bonds is 8. The molecule has 10 heteroatoms. The van der Waals surface area contributed by atoms with E-state index in [1.54, 1.807) is 24.3 Å². The van der Waals surface area contributed by atoms with Crippen molar-refractivity contribution in [2.75, 3.05) is 18.4 Å². The molecule has 288 valence electrons. The molecular weight excluding hydrogens is 693 g/mol. The van der Waals surface area contributed by atoms with Gasteiger partial charge in [-0.1, -0.05) is 74.6 Å². The van der Waals surface area contributed by atoms with Gasteiger partial charge < -0.3 is 30.3 Å². The highest BCUT2D eigenvalue weighted by atomic mass is 16.4. The van der Waals surface area contributed by atoms with Gasteiger partial charge in [0.25, 0.3) is 5.91 Å². The number of aliphatic hydroxyl groups excluding tert-OH is 1. The molecule has 3 amide bonds. The maximum absolute atomic E-state index is 14.3. The standard InChI is InChI=1S/C45H52N4O6/c50-35-12-8-24-48(28-35)43(54)33-25-31-11-4-5-13-36(31)41-40(30-9-2-1-3-10-30)37-20-17-32(26-38(37)49(41)27-33)42(53)47-45(22-6-7-23-45)44(55)46-34-18-14-29(15-19-34)16-21-39(51)52/h4-5,11,13-21,26,30-31,33,35-36,50H,1-3,6-10,12,22-25,27-28H2,(H,46,55)(H,47,53)(H,51,52)/b21-16+. The number of β-amino-alcohol motifs (C(OH)–C–C–N with tert-alkyl or cyclic N) is 1. The summed E-state index contributed by atoms with van der Waals surface area (Å²) in [5.74, 6) is -1.08. The number of likely N-dealkylation sites (tertiary alicyclic amines) is 1. The molecule has 3 fully saturated rings. The van der Waals surface area contributed by atoms with Crippen molar-refractivity contribution in [3.8, 4) is 0 Å². The number of carbonyl (C=O) groups excluding carboxylic acids is 3. The number of fused-ring (bicyclic) bond motifs is 5. The van der Waals surface area contributed by atoms with E-state index in [-0.39, 0.29) is 35.5 Å². The Morgan fingerprint density at radius 1 is 0.855 bits per heavy atom. The lowest BCUT2D eigenvalue weighted by atomic mass is 9.76. The maximum atomic E-state index is 14.3. The van der Waals surface area contributed by atoms with Crippen molar-refractivity contribution in [3.05, 3.63) is 95.2 Å². The first-order chi connectivity index (χ1) is 26.7. The Morgan fingerprint density at radius 2 is 1.62 bits per heavy atom. The quantitative estimate of drug-likeness (QED) is 0.179. The van der Waals surface area contributed by atoms with E-state index < -0.39 is 17.6 Å². The van der Waals surface area contributed by atoms with Gasteiger partial charge in [0.15, 0.2) is 0 Å². The molecule has 0 spiro atoms. The number of aliphatic hydroxyl groups is 1. The van der Waals surface area contributed by atoms with Crippen LogP contribution < -0.4 is 10.6 Å². The van der Waals surface area contributed by atoms with Crippen molar-refractivity contribution >= 4 is 46.4 Å². The number of carboxylic acid groups (broad SMARTS) is 1. The molecule has 2 aromatic carbocycles. The molecule has 4 atom stereocenters. The van der Waals surface area contributed by atoms with E-state index in [9.17, 15) is 24.3 Å². The second-order valence-electron chi connectivity index (χ2n) is 16.4. The van der Waals surface area contributed by atoms with Gasteiger partial charge in [0.2, 0.25) is 11.8 Å². The Hall–Kier alpha value is -4.96. The number of aromatic nitrogens is 1. The van der Waals surface area contributed by atoms with Crippen LogP contribution in [0.4, 0.5) is 5.69 Å². The Balaban J connectivity index is 1.13. The molecule has 3 heterocycles. The molecule has 2 aliphatic heterocycles. The average Bonchev–Trinajstić information content (AvgIpc) is 3.76. The minimum atomic E-state index is -1.07. The molecular formula is C45H52N4O6. The third-order valence-electron chi connectivity index (χ3n) is 12.8. The molecule has 10 nitrogen and oxygen atoms in total.